The fourth-order valence-electron chi connectivity index (χ4n) is 2.51. The lowest BCUT2D eigenvalue weighted by Crippen LogP contribution is -2.20. The molecule has 3 rings (SSSR count). The molecule has 0 bridgehead atoms. The smallest absolute Gasteiger partial charge is 0.271 e. The van der Waals surface area contributed by atoms with Crippen molar-refractivity contribution < 1.29 is 19.2 Å². The van der Waals surface area contributed by atoms with Crippen LogP contribution in [0.15, 0.2) is 77.3 Å². The highest BCUT2D eigenvalue weighted by Gasteiger charge is 2.12. The number of ether oxygens (including phenoxy) is 1. The lowest BCUT2D eigenvalue weighted by Gasteiger charge is -2.10. The van der Waals surface area contributed by atoms with Gasteiger partial charge in [0.05, 0.1) is 10.6 Å². The van der Waals surface area contributed by atoms with Gasteiger partial charge in [-0.25, -0.2) is 0 Å². The number of halogens is 1. The van der Waals surface area contributed by atoms with Crippen molar-refractivity contribution in [2.45, 2.75) is 0 Å². The largest absolute Gasteiger partial charge is 0.484 e. The van der Waals surface area contributed by atoms with Crippen LogP contribution in [0.2, 0.25) is 0 Å². The molecule has 30 heavy (non-hydrogen) atoms. The number of carbonyl (C=O) groups excluding carboxylic acids is 2. The van der Waals surface area contributed by atoms with E-state index < -0.39 is 10.8 Å². The Kier molecular flexibility index (Phi) is 6.76. The topological polar surface area (TPSA) is 111 Å². The number of amides is 2. The van der Waals surface area contributed by atoms with Crippen LogP contribution in [0.1, 0.15) is 10.4 Å². The Balaban J connectivity index is 1.59. The Morgan fingerprint density at radius 3 is 2.47 bits per heavy atom. The highest BCUT2D eigenvalue weighted by atomic mass is 79.9. The fourth-order valence-corrected chi connectivity index (χ4v) is 2.86. The van der Waals surface area contributed by atoms with E-state index in [1.165, 1.54) is 18.2 Å². The van der Waals surface area contributed by atoms with Crippen molar-refractivity contribution in [2.75, 3.05) is 17.2 Å². The molecule has 0 saturated carbocycles. The van der Waals surface area contributed by atoms with Crippen LogP contribution < -0.4 is 15.4 Å². The van der Waals surface area contributed by atoms with Crippen LogP contribution in [0.3, 0.4) is 0 Å². The molecule has 0 unspecified atom stereocenters. The molecule has 9 heteroatoms. The van der Waals surface area contributed by atoms with E-state index in [1.54, 1.807) is 48.5 Å². The van der Waals surface area contributed by atoms with Crippen molar-refractivity contribution in [3.05, 3.63) is 92.9 Å². The van der Waals surface area contributed by atoms with Gasteiger partial charge in [-0.1, -0.05) is 24.3 Å². The van der Waals surface area contributed by atoms with Crippen LogP contribution in [0.5, 0.6) is 5.75 Å². The van der Waals surface area contributed by atoms with Gasteiger partial charge in [-0.3, -0.25) is 19.7 Å². The Labute approximate surface area is 180 Å². The number of hydrogen-bond donors (Lipinski definition) is 2. The summed E-state index contributed by atoms with van der Waals surface area (Å²) in [5.41, 5.74) is 1.16. The zero-order chi connectivity index (χ0) is 21.5. The molecule has 0 aliphatic heterocycles. The summed E-state index contributed by atoms with van der Waals surface area (Å²) >= 11 is 3.24. The number of carbonyl (C=O) groups is 2. The number of hydrogen-bond acceptors (Lipinski definition) is 5. The van der Waals surface area contributed by atoms with E-state index in [0.29, 0.717) is 21.5 Å². The molecule has 0 radical (unpaired) electrons. The molecular weight excluding hydrogens is 454 g/mol. The predicted octanol–water partition coefficient (Wildman–Crippen LogP) is 4.63. The average Bonchev–Trinajstić information content (AvgIpc) is 2.74. The molecule has 0 saturated heterocycles. The number of rotatable bonds is 7. The third kappa shape index (κ3) is 5.65. The van der Waals surface area contributed by atoms with E-state index in [-0.39, 0.29) is 23.9 Å². The molecule has 0 atom stereocenters. The first-order valence-corrected chi connectivity index (χ1v) is 9.55. The lowest BCUT2D eigenvalue weighted by atomic mass is 10.2. The zero-order valence-corrected chi connectivity index (χ0v) is 17.1. The maximum Gasteiger partial charge on any atom is 0.271 e. The second-order valence-electron chi connectivity index (χ2n) is 6.11. The molecule has 0 spiro atoms. The summed E-state index contributed by atoms with van der Waals surface area (Å²) in [5.74, 6) is -0.370. The molecule has 152 valence electrons. The number of non-ortho nitro benzene ring substituents is 1. The summed E-state index contributed by atoms with van der Waals surface area (Å²) in [7, 11) is 0. The van der Waals surface area contributed by atoms with Gasteiger partial charge >= 0.3 is 0 Å². The van der Waals surface area contributed by atoms with Crippen molar-refractivity contribution >= 4 is 44.8 Å². The molecule has 3 aromatic rings. The minimum absolute atomic E-state index is 0.142. The Bertz CT molecular complexity index is 1090. The van der Waals surface area contributed by atoms with Crippen LogP contribution >= 0.6 is 15.9 Å². The molecule has 0 aromatic heterocycles. The molecule has 2 amide bonds. The van der Waals surface area contributed by atoms with Crippen molar-refractivity contribution in [3.63, 3.8) is 0 Å². The standard InChI is InChI=1S/C21H16BrN3O5/c22-18-10-9-16(25(28)29)12-19(18)24-20(26)13-30-17-8-4-7-15(11-17)23-21(27)14-5-2-1-3-6-14/h1-12H,13H2,(H,23,27)(H,24,26). The van der Waals surface area contributed by atoms with Crippen molar-refractivity contribution in [3.8, 4) is 5.75 Å². The molecule has 0 aliphatic carbocycles. The fraction of sp³-hybridized carbons (Fsp3) is 0.0476. The van der Waals surface area contributed by atoms with Gasteiger partial charge in [0, 0.05) is 33.9 Å². The maximum atomic E-state index is 12.2. The molecule has 8 nitrogen and oxygen atoms in total. The van der Waals surface area contributed by atoms with Crippen LogP contribution in [-0.4, -0.2) is 23.3 Å². The highest BCUT2D eigenvalue weighted by Crippen LogP contribution is 2.27. The Morgan fingerprint density at radius 1 is 0.967 bits per heavy atom. The number of nitro benzene ring substituents is 1. The summed E-state index contributed by atoms with van der Waals surface area (Å²) in [5, 5.41) is 16.2. The Hall–Kier alpha value is -3.72. The van der Waals surface area contributed by atoms with Gasteiger partial charge in [0.15, 0.2) is 6.61 Å². The van der Waals surface area contributed by atoms with E-state index in [4.69, 9.17) is 4.74 Å². The van der Waals surface area contributed by atoms with Crippen LogP contribution in [0, 0.1) is 10.1 Å². The quantitative estimate of drug-likeness (QED) is 0.387. The molecule has 0 heterocycles. The van der Waals surface area contributed by atoms with E-state index in [0.717, 1.165) is 0 Å². The van der Waals surface area contributed by atoms with Gasteiger partial charge < -0.3 is 15.4 Å². The first-order chi connectivity index (χ1) is 14.4. The summed E-state index contributed by atoms with van der Waals surface area (Å²) in [6, 6.07) is 19.5. The minimum Gasteiger partial charge on any atom is -0.484 e. The third-order valence-electron chi connectivity index (χ3n) is 3.93. The third-order valence-corrected chi connectivity index (χ3v) is 4.62. The summed E-state index contributed by atoms with van der Waals surface area (Å²) in [6.45, 7) is -0.314. The monoisotopic (exact) mass is 469 g/mol. The Morgan fingerprint density at radius 2 is 1.73 bits per heavy atom. The van der Waals surface area contributed by atoms with Gasteiger partial charge in [-0.2, -0.15) is 0 Å². The van der Waals surface area contributed by atoms with E-state index in [9.17, 15) is 19.7 Å². The molecular formula is C21H16BrN3O5. The van der Waals surface area contributed by atoms with Gasteiger partial charge in [0.25, 0.3) is 17.5 Å². The van der Waals surface area contributed by atoms with Gasteiger partial charge in [-0.05, 0) is 46.3 Å². The van der Waals surface area contributed by atoms with Crippen molar-refractivity contribution in [2.24, 2.45) is 0 Å². The number of nitro groups is 1. The normalized spacial score (nSPS) is 10.2. The van der Waals surface area contributed by atoms with E-state index in [1.807, 2.05) is 6.07 Å². The summed E-state index contributed by atoms with van der Waals surface area (Å²) in [4.78, 5) is 34.7. The second kappa shape index (κ2) is 9.66. The van der Waals surface area contributed by atoms with E-state index in [2.05, 4.69) is 26.6 Å². The molecule has 2 N–H and O–H groups in total. The van der Waals surface area contributed by atoms with Crippen LogP contribution in [-0.2, 0) is 4.79 Å². The second-order valence-corrected chi connectivity index (χ2v) is 6.96. The zero-order valence-electron chi connectivity index (χ0n) is 15.5. The number of nitrogens with zero attached hydrogens (tertiary/aromatic N) is 1. The molecule has 3 aromatic carbocycles. The summed E-state index contributed by atoms with van der Waals surface area (Å²) < 4.78 is 5.98. The van der Waals surface area contributed by atoms with E-state index >= 15 is 0 Å². The van der Waals surface area contributed by atoms with Crippen molar-refractivity contribution in [1.82, 2.24) is 0 Å². The minimum atomic E-state index is -0.548. The lowest BCUT2D eigenvalue weighted by molar-refractivity contribution is -0.384. The highest BCUT2D eigenvalue weighted by molar-refractivity contribution is 9.10. The first kappa shape index (κ1) is 21.0. The van der Waals surface area contributed by atoms with Crippen LogP contribution in [0.4, 0.5) is 17.1 Å². The van der Waals surface area contributed by atoms with Gasteiger partial charge in [0.1, 0.15) is 5.75 Å². The number of benzene rings is 3. The maximum absolute atomic E-state index is 12.2. The van der Waals surface area contributed by atoms with Gasteiger partial charge in [0.2, 0.25) is 0 Å². The average molecular weight is 470 g/mol. The number of nitrogens with one attached hydrogen (secondary N) is 2. The molecule has 0 fully saturated rings. The first-order valence-electron chi connectivity index (χ1n) is 8.75. The van der Waals surface area contributed by atoms with Crippen molar-refractivity contribution in [1.29, 1.82) is 0 Å². The SMILES string of the molecule is O=C(COc1cccc(NC(=O)c2ccccc2)c1)Nc1cc([N+](=O)[O-])ccc1Br. The predicted molar refractivity (Wildman–Crippen MR) is 116 cm³/mol. The summed E-state index contributed by atoms with van der Waals surface area (Å²) in [6.07, 6.45) is 0. The van der Waals surface area contributed by atoms with Crippen LogP contribution in [0.25, 0.3) is 0 Å². The van der Waals surface area contributed by atoms with Gasteiger partial charge in [-0.15, -0.1) is 0 Å². The number of anilines is 2. The molecule has 0 aliphatic rings.